The van der Waals surface area contributed by atoms with Gasteiger partial charge in [-0.05, 0) is 52.2 Å². The summed E-state index contributed by atoms with van der Waals surface area (Å²) in [6.07, 6.45) is 3.28. The third-order valence-electron chi connectivity index (χ3n) is 6.48. The van der Waals surface area contributed by atoms with E-state index in [-0.39, 0.29) is 28.5 Å². The number of piperidine rings is 1. The van der Waals surface area contributed by atoms with Crippen LogP contribution in [-0.4, -0.2) is 62.7 Å². The molecule has 12 heteroatoms. The highest BCUT2D eigenvalue weighted by molar-refractivity contribution is 7.88. The summed E-state index contributed by atoms with van der Waals surface area (Å²) in [5, 5.41) is 14.2. The molecule has 1 aromatic carbocycles. The van der Waals surface area contributed by atoms with Gasteiger partial charge < -0.3 is 15.0 Å². The van der Waals surface area contributed by atoms with E-state index in [1.807, 2.05) is 25.3 Å². The zero-order valence-electron chi connectivity index (χ0n) is 21.2. The highest BCUT2D eigenvalue weighted by Gasteiger charge is 2.31. The van der Waals surface area contributed by atoms with E-state index in [0.29, 0.717) is 48.1 Å². The smallest absolute Gasteiger partial charge is 0.223 e. The average Bonchev–Trinajstić information content (AvgIpc) is 3.17. The number of imidazole rings is 1. The molecule has 0 spiro atoms. The van der Waals surface area contributed by atoms with Crippen molar-refractivity contribution < 1.29 is 17.9 Å². The van der Waals surface area contributed by atoms with Gasteiger partial charge in [0.1, 0.15) is 16.9 Å². The fourth-order valence-electron chi connectivity index (χ4n) is 4.67. The Bertz CT molecular complexity index is 1400. The van der Waals surface area contributed by atoms with Gasteiger partial charge >= 0.3 is 0 Å². The lowest BCUT2D eigenvalue weighted by Gasteiger charge is -2.35. The molecule has 36 heavy (non-hydrogen) atoms. The van der Waals surface area contributed by atoms with Crippen LogP contribution < -0.4 is 5.32 Å². The Kier molecular flexibility index (Phi) is 7.06. The number of sulfonamides is 1. The van der Waals surface area contributed by atoms with Crippen LogP contribution in [-0.2, 0) is 15.6 Å². The highest BCUT2D eigenvalue weighted by Crippen LogP contribution is 2.35. The first-order valence-electron chi connectivity index (χ1n) is 11.9. The van der Waals surface area contributed by atoms with Gasteiger partial charge in [-0.2, -0.15) is 0 Å². The Balaban J connectivity index is 1.71. The number of hydrogen-bond donors (Lipinski definition) is 2. The number of fused-ring (bicyclic) bond motifs is 1. The molecular formula is C24H32ClFN6O3S. The lowest BCUT2D eigenvalue weighted by Crippen LogP contribution is -2.47. The van der Waals surface area contributed by atoms with Crippen molar-refractivity contribution in [3.05, 3.63) is 35.0 Å². The van der Waals surface area contributed by atoms with Crippen LogP contribution in [0.5, 0.6) is 0 Å². The molecule has 0 bridgehead atoms. The van der Waals surface area contributed by atoms with Crippen molar-refractivity contribution in [2.45, 2.75) is 58.7 Å². The first-order chi connectivity index (χ1) is 16.7. The number of rotatable bonds is 6. The number of aliphatic hydroxyl groups is 1. The highest BCUT2D eigenvalue weighted by atomic mass is 35.5. The number of halogens is 2. The minimum Gasteiger partial charge on any atom is -0.383 e. The molecule has 1 aliphatic heterocycles. The Labute approximate surface area is 215 Å². The van der Waals surface area contributed by atoms with Crippen molar-refractivity contribution in [1.82, 2.24) is 23.8 Å². The van der Waals surface area contributed by atoms with Crippen molar-refractivity contribution in [1.29, 1.82) is 0 Å². The van der Waals surface area contributed by atoms with Crippen LogP contribution in [0.3, 0.4) is 0 Å². The largest absolute Gasteiger partial charge is 0.383 e. The quantitative estimate of drug-likeness (QED) is 0.484. The van der Waals surface area contributed by atoms with E-state index in [2.05, 4.69) is 20.3 Å². The normalized spacial score (nSPS) is 19.8. The Morgan fingerprint density at radius 3 is 2.56 bits per heavy atom. The molecule has 2 atom stereocenters. The van der Waals surface area contributed by atoms with E-state index in [4.69, 9.17) is 11.6 Å². The molecule has 196 valence electrons. The van der Waals surface area contributed by atoms with Crippen LogP contribution in [0.4, 0.5) is 10.3 Å². The number of benzene rings is 1. The van der Waals surface area contributed by atoms with E-state index in [9.17, 15) is 13.5 Å². The molecule has 4 rings (SSSR count). The molecule has 1 aliphatic rings. The summed E-state index contributed by atoms with van der Waals surface area (Å²) in [6.45, 7) is 9.91. The van der Waals surface area contributed by atoms with Crippen LogP contribution in [0, 0.1) is 11.7 Å². The van der Waals surface area contributed by atoms with Gasteiger partial charge in [-0.25, -0.2) is 32.1 Å². The Hall–Kier alpha value is -2.34. The fraction of sp³-hybridized carbons (Fsp3) is 0.542. The van der Waals surface area contributed by atoms with Gasteiger partial charge in [-0.1, -0.05) is 18.5 Å². The maximum atomic E-state index is 15.3. The lowest BCUT2D eigenvalue weighted by atomic mass is 9.95. The van der Waals surface area contributed by atoms with E-state index in [0.717, 1.165) is 0 Å². The number of nitrogens with one attached hydrogen (secondary N) is 1. The zero-order valence-corrected chi connectivity index (χ0v) is 22.8. The zero-order chi connectivity index (χ0) is 26.6. The first-order valence-corrected chi connectivity index (χ1v) is 14.1. The summed E-state index contributed by atoms with van der Waals surface area (Å²) >= 11 is 6.44. The number of anilines is 1. The molecule has 3 heterocycles. The molecule has 3 aromatic rings. The maximum Gasteiger partial charge on any atom is 0.223 e. The van der Waals surface area contributed by atoms with Crippen molar-refractivity contribution in [2.75, 3.05) is 24.7 Å². The van der Waals surface area contributed by atoms with Gasteiger partial charge in [0.25, 0.3) is 0 Å². The van der Waals surface area contributed by atoms with Crippen molar-refractivity contribution in [3.8, 4) is 11.3 Å². The monoisotopic (exact) mass is 538 g/mol. The molecule has 1 saturated heterocycles. The summed E-state index contributed by atoms with van der Waals surface area (Å²) < 4.78 is 42.3. The minimum absolute atomic E-state index is 0.0330. The second kappa shape index (κ2) is 9.51. The molecule has 0 radical (unpaired) electrons. The van der Waals surface area contributed by atoms with Crippen molar-refractivity contribution in [3.63, 3.8) is 0 Å². The van der Waals surface area contributed by atoms with Gasteiger partial charge in [-0.3, -0.25) is 0 Å². The Morgan fingerprint density at radius 1 is 1.28 bits per heavy atom. The standard InChI is InChI=1S/C24H32ClFN6O3S/c1-13(2)32-19-10-15(9-17(26)21(19)29-22(32)24(4,5)33)20-16(25)11-27-23(30-20)28-18-7-8-31(12-14(18)3)36(6,34)35/h9-11,13-14,18,33H,7-8,12H2,1-6H3,(H,27,28,30)/t14-,18-/m0/s1. The van der Waals surface area contributed by atoms with Crippen molar-refractivity contribution >= 4 is 38.6 Å². The molecule has 0 unspecified atom stereocenters. The maximum absolute atomic E-state index is 15.3. The van der Waals surface area contributed by atoms with Crippen LogP contribution in [0.2, 0.25) is 5.02 Å². The molecule has 9 nitrogen and oxygen atoms in total. The van der Waals surface area contributed by atoms with Crippen LogP contribution in [0.1, 0.15) is 52.9 Å². The third-order valence-corrected chi connectivity index (χ3v) is 8.03. The third kappa shape index (κ3) is 5.20. The van der Waals surface area contributed by atoms with E-state index < -0.39 is 21.4 Å². The van der Waals surface area contributed by atoms with Crippen LogP contribution in [0.15, 0.2) is 18.3 Å². The summed E-state index contributed by atoms with van der Waals surface area (Å²) in [5.74, 6) is 0.187. The average molecular weight is 539 g/mol. The van der Waals surface area contributed by atoms with Crippen LogP contribution >= 0.6 is 11.6 Å². The van der Waals surface area contributed by atoms with E-state index in [1.165, 1.54) is 22.8 Å². The number of hydrogen-bond acceptors (Lipinski definition) is 7. The predicted molar refractivity (Wildman–Crippen MR) is 139 cm³/mol. The molecule has 2 N–H and O–H groups in total. The second-order valence-electron chi connectivity index (χ2n) is 10.3. The second-order valence-corrected chi connectivity index (χ2v) is 12.7. The Morgan fingerprint density at radius 2 is 1.97 bits per heavy atom. The molecule has 0 saturated carbocycles. The molecule has 0 amide bonds. The van der Waals surface area contributed by atoms with Crippen molar-refractivity contribution in [2.24, 2.45) is 5.92 Å². The minimum atomic E-state index is -3.24. The summed E-state index contributed by atoms with van der Waals surface area (Å²) in [7, 11) is -3.24. The number of nitrogens with zero attached hydrogens (tertiary/aromatic N) is 5. The summed E-state index contributed by atoms with van der Waals surface area (Å²) in [5.41, 5.74) is 0.253. The number of aromatic nitrogens is 4. The first kappa shape index (κ1) is 26.7. The molecule has 1 fully saturated rings. The molecular weight excluding hydrogens is 507 g/mol. The van der Waals surface area contributed by atoms with Gasteiger partial charge in [0.15, 0.2) is 5.82 Å². The SMILES string of the molecule is CC(C)n1c(C(C)(C)O)nc2c(F)cc(-c3nc(N[C@H]4CCN(S(C)(=O)=O)C[C@@H]4C)ncc3Cl)cc21. The molecule has 0 aliphatic carbocycles. The fourth-order valence-corrected chi connectivity index (χ4v) is 5.81. The van der Waals surface area contributed by atoms with Crippen LogP contribution in [0.25, 0.3) is 22.3 Å². The van der Waals surface area contributed by atoms with Gasteiger partial charge in [-0.15, -0.1) is 0 Å². The lowest BCUT2D eigenvalue weighted by molar-refractivity contribution is 0.0641. The van der Waals surface area contributed by atoms with E-state index in [1.54, 1.807) is 19.9 Å². The summed E-state index contributed by atoms with van der Waals surface area (Å²) in [4.78, 5) is 13.3. The van der Waals surface area contributed by atoms with Gasteiger partial charge in [0.05, 0.1) is 28.7 Å². The molecule has 2 aromatic heterocycles. The van der Waals surface area contributed by atoms with Gasteiger partial charge in [0, 0.05) is 30.7 Å². The predicted octanol–water partition coefficient (Wildman–Crippen LogP) is 4.18. The van der Waals surface area contributed by atoms with Gasteiger partial charge in [0.2, 0.25) is 16.0 Å². The summed E-state index contributed by atoms with van der Waals surface area (Å²) in [6, 6.07) is 2.99. The van der Waals surface area contributed by atoms with E-state index >= 15 is 4.39 Å². The topological polar surface area (TPSA) is 113 Å².